The summed E-state index contributed by atoms with van der Waals surface area (Å²) in [5.74, 6) is 0. The molecule has 28 heavy (non-hydrogen) atoms. The van der Waals surface area contributed by atoms with E-state index in [2.05, 4.69) is 123 Å². The largest absolute Gasteiger partial charge is 0.378 e. The molecule has 3 unspecified atom stereocenters. The van der Waals surface area contributed by atoms with Crippen molar-refractivity contribution in [1.29, 1.82) is 0 Å². The highest BCUT2D eigenvalue weighted by molar-refractivity contribution is 7.53. The number of nitrogens with one attached hydrogen (secondary N) is 1. The molecule has 0 spiro atoms. The lowest BCUT2D eigenvalue weighted by atomic mass is 10.1. The van der Waals surface area contributed by atoms with Crippen LogP contribution in [0.4, 0.5) is 5.69 Å². The molecule has 4 heteroatoms. The fourth-order valence-corrected chi connectivity index (χ4v) is 4.81. The van der Waals surface area contributed by atoms with Crippen LogP contribution in [0.15, 0.2) is 89.7 Å². The lowest BCUT2D eigenvalue weighted by Crippen LogP contribution is -2.16. The van der Waals surface area contributed by atoms with Gasteiger partial charge in [-0.3, -0.25) is 0 Å². The van der Waals surface area contributed by atoms with Crippen LogP contribution in [0.3, 0.4) is 0 Å². The van der Waals surface area contributed by atoms with E-state index >= 15 is 0 Å². The van der Waals surface area contributed by atoms with Crippen LogP contribution in [-0.4, -0.2) is 14.1 Å². The first kappa shape index (κ1) is 20.3. The van der Waals surface area contributed by atoms with E-state index in [4.69, 9.17) is 4.74 Å². The zero-order valence-electron chi connectivity index (χ0n) is 17.1. The monoisotopic (exact) mass is 390 g/mol. The van der Waals surface area contributed by atoms with Crippen LogP contribution in [0.25, 0.3) is 0 Å². The van der Waals surface area contributed by atoms with Crippen LogP contribution in [0.1, 0.15) is 37.1 Å². The number of rotatable bonds is 7. The Morgan fingerprint density at radius 2 is 1.29 bits per heavy atom. The third-order valence-electron chi connectivity index (χ3n) is 4.80. The van der Waals surface area contributed by atoms with Gasteiger partial charge in [0.05, 0.1) is 6.04 Å². The van der Waals surface area contributed by atoms with Crippen molar-refractivity contribution in [2.24, 2.45) is 4.74 Å². The highest BCUT2D eigenvalue weighted by Gasteiger charge is 2.23. The molecule has 3 aromatic carbocycles. The third-order valence-corrected chi connectivity index (χ3v) is 6.79. The normalized spacial score (nSPS) is 13.8. The maximum atomic E-state index is 5.20. The Kier molecular flexibility index (Phi) is 6.97. The summed E-state index contributed by atoms with van der Waals surface area (Å²) in [6.07, 6.45) is 0. The molecular weight excluding hydrogens is 361 g/mol. The summed E-state index contributed by atoms with van der Waals surface area (Å²) >= 11 is 0. The van der Waals surface area contributed by atoms with Gasteiger partial charge in [-0.25, -0.2) is 0 Å². The summed E-state index contributed by atoms with van der Waals surface area (Å²) in [5.41, 5.74) is 3.72. The van der Waals surface area contributed by atoms with Gasteiger partial charge in [0.15, 0.2) is 5.30 Å². The first-order chi connectivity index (χ1) is 13.5. The molecule has 144 valence electrons. The van der Waals surface area contributed by atoms with Crippen LogP contribution in [0, 0.1) is 0 Å². The molecule has 0 heterocycles. The van der Waals surface area contributed by atoms with E-state index in [0.717, 1.165) is 0 Å². The van der Waals surface area contributed by atoms with Gasteiger partial charge in [-0.2, -0.15) is 0 Å². The average molecular weight is 390 g/mol. The van der Waals surface area contributed by atoms with Crippen LogP contribution < -0.4 is 15.3 Å². The molecular formula is C24H29N3P+. The molecule has 0 aliphatic rings. The predicted molar refractivity (Wildman–Crippen MR) is 123 cm³/mol. The van der Waals surface area contributed by atoms with Crippen molar-refractivity contribution in [3.05, 3.63) is 96.1 Å². The molecule has 0 aliphatic heterocycles. The molecule has 3 atom stereocenters. The van der Waals surface area contributed by atoms with Gasteiger partial charge in [0.1, 0.15) is 6.04 Å². The van der Waals surface area contributed by atoms with Gasteiger partial charge >= 0.3 is 7.86 Å². The standard InChI is InChI=1S/C24H29N3P/c1-19(21-11-7-5-8-12-21)25-28(24-17-15-23(16-18-24)27(3)4)26-20(2)22-13-9-6-10-14-22/h5-20H,1-4H3,(H,25,26)/q+1. The molecule has 3 aromatic rings. The van der Waals surface area contributed by atoms with E-state index in [1.165, 1.54) is 22.1 Å². The average Bonchev–Trinajstić information content (AvgIpc) is 2.74. The summed E-state index contributed by atoms with van der Waals surface area (Å²) in [5, 5.41) is 5.03. The molecule has 0 aromatic heterocycles. The van der Waals surface area contributed by atoms with Crippen molar-refractivity contribution >= 4 is 18.9 Å². The fourth-order valence-electron chi connectivity index (χ4n) is 3.04. The summed E-state index contributed by atoms with van der Waals surface area (Å²) in [6, 6.07) is 30.2. The van der Waals surface area contributed by atoms with Crippen molar-refractivity contribution in [3.63, 3.8) is 0 Å². The first-order valence-electron chi connectivity index (χ1n) is 9.69. The predicted octanol–water partition coefficient (Wildman–Crippen LogP) is 6.07. The van der Waals surface area contributed by atoms with Crippen LogP contribution in [0.2, 0.25) is 0 Å². The summed E-state index contributed by atoms with van der Waals surface area (Å²) in [4.78, 5) is 2.12. The second-order valence-electron chi connectivity index (χ2n) is 7.19. The van der Waals surface area contributed by atoms with E-state index in [-0.39, 0.29) is 12.1 Å². The Morgan fingerprint density at radius 1 is 0.750 bits per heavy atom. The molecule has 3 nitrogen and oxygen atoms in total. The molecule has 0 radical (unpaired) electrons. The zero-order valence-corrected chi connectivity index (χ0v) is 18.0. The van der Waals surface area contributed by atoms with Gasteiger partial charge in [-0.15, -0.1) is 5.09 Å². The van der Waals surface area contributed by atoms with E-state index in [1.54, 1.807) is 0 Å². The molecule has 1 N–H and O–H groups in total. The number of hydrogen-bond donors (Lipinski definition) is 1. The minimum atomic E-state index is -0.857. The summed E-state index contributed by atoms with van der Waals surface area (Å²) in [7, 11) is 3.27. The lowest BCUT2D eigenvalue weighted by Gasteiger charge is -2.12. The minimum Gasteiger partial charge on any atom is -0.378 e. The van der Waals surface area contributed by atoms with Crippen LogP contribution in [-0.2, 0) is 0 Å². The van der Waals surface area contributed by atoms with Gasteiger partial charge in [-0.05, 0) is 49.2 Å². The molecule has 0 saturated heterocycles. The van der Waals surface area contributed by atoms with Crippen LogP contribution in [0.5, 0.6) is 0 Å². The number of benzene rings is 3. The van der Waals surface area contributed by atoms with E-state index in [0.29, 0.717) is 0 Å². The Bertz CT molecular complexity index is 890. The molecule has 0 fully saturated rings. The molecule has 0 amide bonds. The highest BCUT2D eigenvalue weighted by Crippen LogP contribution is 2.32. The van der Waals surface area contributed by atoms with Gasteiger partial charge in [0.25, 0.3) is 0 Å². The fraction of sp³-hybridized carbons (Fsp3) is 0.250. The molecule has 0 bridgehead atoms. The van der Waals surface area contributed by atoms with Gasteiger partial charge in [0.2, 0.25) is 0 Å². The smallest absolute Gasteiger partial charge is 0.333 e. The number of anilines is 1. The van der Waals surface area contributed by atoms with Crippen LogP contribution >= 0.6 is 7.86 Å². The third kappa shape index (κ3) is 5.28. The van der Waals surface area contributed by atoms with E-state index in [1.807, 2.05) is 0 Å². The Labute approximate surface area is 170 Å². The van der Waals surface area contributed by atoms with Gasteiger partial charge < -0.3 is 4.90 Å². The summed E-state index contributed by atoms with van der Waals surface area (Å²) < 4.78 is 5.20. The van der Waals surface area contributed by atoms with Crippen molar-refractivity contribution in [2.75, 3.05) is 19.0 Å². The number of nitrogens with zero attached hydrogens (tertiary/aromatic N) is 2. The molecule has 0 saturated carbocycles. The van der Waals surface area contributed by atoms with Crippen molar-refractivity contribution in [3.8, 4) is 0 Å². The van der Waals surface area contributed by atoms with Crippen molar-refractivity contribution < 1.29 is 0 Å². The Balaban J connectivity index is 1.92. The van der Waals surface area contributed by atoms with Gasteiger partial charge in [0, 0.05) is 19.8 Å². The first-order valence-corrected chi connectivity index (χ1v) is 11.0. The quantitative estimate of drug-likeness (QED) is 0.496. The zero-order chi connectivity index (χ0) is 19.9. The SMILES string of the molecule is CC(N=[P+](NC(C)c1ccccc1)c1ccc(N(C)C)cc1)c1ccccc1. The maximum absolute atomic E-state index is 5.20. The van der Waals surface area contributed by atoms with E-state index in [9.17, 15) is 0 Å². The van der Waals surface area contributed by atoms with Crippen molar-refractivity contribution in [2.45, 2.75) is 25.9 Å². The van der Waals surface area contributed by atoms with Crippen molar-refractivity contribution in [1.82, 2.24) is 5.09 Å². The van der Waals surface area contributed by atoms with E-state index < -0.39 is 7.86 Å². The molecule has 0 aliphatic carbocycles. The topological polar surface area (TPSA) is 27.6 Å². The van der Waals surface area contributed by atoms with Gasteiger partial charge in [-0.1, -0.05) is 65.4 Å². The lowest BCUT2D eigenvalue weighted by molar-refractivity contribution is 0.741. The Morgan fingerprint density at radius 3 is 1.82 bits per heavy atom. The second-order valence-corrected chi connectivity index (χ2v) is 8.82. The summed E-state index contributed by atoms with van der Waals surface area (Å²) in [6.45, 7) is 4.38. The Hall–Kier alpha value is -2.48. The minimum absolute atomic E-state index is 0.135. The maximum Gasteiger partial charge on any atom is 0.333 e. The highest BCUT2D eigenvalue weighted by atomic mass is 31.1. The number of hydrogen-bond acceptors (Lipinski definition) is 2. The molecule has 3 rings (SSSR count). The second kappa shape index (κ2) is 9.64.